The Balaban J connectivity index is 2.55. The summed E-state index contributed by atoms with van der Waals surface area (Å²) in [5.41, 5.74) is -4.43. The number of halogens is 3. The smallest absolute Gasteiger partial charge is 0.432 e. The lowest BCUT2D eigenvalue weighted by Crippen LogP contribution is -2.43. The van der Waals surface area contributed by atoms with Gasteiger partial charge in [-0.1, -0.05) is 35.7 Å². The van der Waals surface area contributed by atoms with E-state index in [4.69, 9.17) is 15.3 Å². The molecule has 2 rings (SSSR count). The van der Waals surface area contributed by atoms with Crippen LogP contribution in [0.5, 0.6) is 0 Å². The van der Waals surface area contributed by atoms with E-state index in [-0.39, 0.29) is 0 Å². The summed E-state index contributed by atoms with van der Waals surface area (Å²) in [4.78, 5) is 2.22. The standard InChI is InChI=1S/C18H12F3N3OS2/c1-10-11(2)27-15(26-10)6-4-5-14-13(9-24)16(12(7-22)8-23)25-17(14,3)18(19,20)21/h4-6H,1-3H3/b5-4+. The number of hydrogen-bond acceptors (Lipinski definition) is 6. The molecule has 1 unspecified atom stereocenters. The van der Waals surface area contributed by atoms with Crippen molar-refractivity contribution in [2.45, 2.75) is 32.5 Å². The van der Waals surface area contributed by atoms with Gasteiger partial charge in [0.05, 0.1) is 0 Å². The number of allylic oxidation sites excluding steroid dienone is 6. The van der Waals surface area contributed by atoms with Crippen molar-refractivity contribution in [2.24, 2.45) is 0 Å². The summed E-state index contributed by atoms with van der Waals surface area (Å²) in [6.07, 6.45) is -0.665. The summed E-state index contributed by atoms with van der Waals surface area (Å²) in [6, 6.07) is 4.58. The van der Waals surface area contributed by atoms with Crippen LogP contribution in [0.3, 0.4) is 0 Å². The van der Waals surface area contributed by atoms with Crippen molar-refractivity contribution >= 4 is 23.5 Å². The van der Waals surface area contributed by atoms with Crippen LogP contribution in [0.25, 0.3) is 0 Å². The molecular weight excluding hydrogens is 395 g/mol. The minimum absolute atomic E-state index is 0.443. The number of hydrogen-bond donors (Lipinski definition) is 0. The van der Waals surface area contributed by atoms with Gasteiger partial charge in [0, 0.05) is 9.81 Å². The first-order chi connectivity index (χ1) is 12.6. The normalized spacial score (nSPS) is 22.6. The van der Waals surface area contributed by atoms with Crippen LogP contribution in [0, 0.1) is 34.0 Å². The molecule has 2 aliphatic heterocycles. The number of nitriles is 3. The van der Waals surface area contributed by atoms with Crippen LogP contribution in [0.15, 0.2) is 54.8 Å². The van der Waals surface area contributed by atoms with Gasteiger partial charge in [-0.25, -0.2) is 0 Å². The number of nitrogens with zero attached hydrogens (tertiary/aromatic N) is 3. The van der Waals surface area contributed by atoms with Gasteiger partial charge in [0.2, 0.25) is 5.60 Å². The number of thioether (sulfide) groups is 2. The summed E-state index contributed by atoms with van der Waals surface area (Å²) in [6.45, 7) is 4.66. The van der Waals surface area contributed by atoms with E-state index in [2.05, 4.69) is 0 Å². The predicted octanol–water partition coefficient (Wildman–Crippen LogP) is 5.59. The summed E-state index contributed by atoms with van der Waals surface area (Å²) in [5.74, 6) is -0.646. The van der Waals surface area contributed by atoms with Gasteiger partial charge in [-0.05, 0) is 36.7 Å². The lowest BCUT2D eigenvalue weighted by atomic mass is 9.92. The van der Waals surface area contributed by atoms with Crippen molar-refractivity contribution in [3.05, 3.63) is 54.8 Å². The SMILES string of the molecule is CC1=C(C)SC(=C/C=C/C2=C(C#N)C(=C(C#N)C#N)OC2(C)C(F)(F)F)S1. The topological polar surface area (TPSA) is 80.6 Å². The molecule has 0 aromatic carbocycles. The Morgan fingerprint density at radius 2 is 1.67 bits per heavy atom. The van der Waals surface area contributed by atoms with Gasteiger partial charge >= 0.3 is 6.18 Å². The average Bonchev–Trinajstić information content (AvgIpc) is 3.06. The van der Waals surface area contributed by atoms with E-state index in [1.807, 2.05) is 13.8 Å². The number of rotatable bonds is 2. The maximum absolute atomic E-state index is 13.7. The third-order valence-electron chi connectivity index (χ3n) is 3.92. The van der Waals surface area contributed by atoms with E-state index in [0.29, 0.717) is 0 Å². The zero-order valence-corrected chi connectivity index (χ0v) is 16.1. The summed E-state index contributed by atoms with van der Waals surface area (Å²) < 4.78 is 46.8. The minimum Gasteiger partial charge on any atom is -0.470 e. The third kappa shape index (κ3) is 3.78. The van der Waals surface area contributed by atoms with E-state index in [1.165, 1.54) is 41.7 Å². The van der Waals surface area contributed by atoms with E-state index >= 15 is 0 Å². The second-order valence-corrected chi connectivity index (χ2v) is 8.39. The van der Waals surface area contributed by atoms with Crippen molar-refractivity contribution in [3.63, 3.8) is 0 Å². The highest BCUT2D eigenvalue weighted by Gasteiger charge is 2.60. The van der Waals surface area contributed by atoms with Crippen molar-refractivity contribution in [1.82, 2.24) is 0 Å². The lowest BCUT2D eigenvalue weighted by Gasteiger charge is -2.28. The Morgan fingerprint density at radius 1 is 1.11 bits per heavy atom. The molecule has 2 heterocycles. The minimum atomic E-state index is -4.86. The van der Waals surface area contributed by atoms with Crippen molar-refractivity contribution in [3.8, 4) is 18.2 Å². The Morgan fingerprint density at radius 3 is 2.11 bits per heavy atom. The van der Waals surface area contributed by atoms with Gasteiger partial charge in [0.15, 0.2) is 11.3 Å². The Labute approximate surface area is 163 Å². The van der Waals surface area contributed by atoms with Gasteiger partial charge in [0.25, 0.3) is 0 Å². The molecule has 0 amide bonds. The Kier molecular flexibility index (Phi) is 5.85. The predicted molar refractivity (Wildman–Crippen MR) is 97.2 cm³/mol. The largest absolute Gasteiger partial charge is 0.470 e. The molecule has 138 valence electrons. The van der Waals surface area contributed by atoms with Crippen LogP contribution in [-0.4, -0.2) is 11.8 Å². The first-order valence-corrected chi connectivity index (χ1v) is 9.09. The summed E-state index contributed by atoms with van der Waals surface area (Å²) in [7, 11) is 0. The monoisotopic (exact) mass is 407 g/mol. The third-order valence-corrected chi connectivity index (χ3v) is 6.45. The molecule has 0 radical (unpaired) electrons. The molecule has 0 fully saturated rings. The molecule has 0 spiro atoms. The molecule has 2 aliphatic rings. The van der Waals surface area contributed by atoms with Crippen LogP contribution < -0.4 is 0 Å². The fourth-order valence-corrected chi connectivity index (χ4v) is 4.65. The van der Waals surface area contributed by atoms with E-state index < -0.39 is 34.3 Å². The first-order valence-electron chi connectivity index (χ1n) is 7.46. The molecule has 0 aromatic heterocycles. The van der Waals surface area contributed by atoms with Gasteiger partial charge in [-0.2, -0.15) is 29.0 Å². The number of alkyl halides is 3. The van der Waals surface area contributed by atoms with E-state index in [1.54, 1.807) is 12.1 Å². The molecule has 4 nitrogen and oxygen atoms in total. The van der Waals surface area contributed by atoms with Crippen molar-refractivity contribution < 1.29 is 17.9 Å². The fourth-order valence-electron chi connectivity index (χ4n) is 2.29. The number of ether oxygens (including phenoxy) is 1. The van der Waals surface area contributed by atoms with Crippen LogP contribution in [0.4, 0.5) is 13.2 Å². The molecule has 0 bridgehead atoms. The highest BCUT2D eigenvalue weighted by Crippen LogP contribution is 2.50. The van der Waals surface area contributed by atoms with Gasteiger partial charge in [-0.15, -0.1) is 0 Å². The van der Waals surface area contributed by atoms with Crippen molar-refractivity contribution in [1.29, 1.82) is 15.8 Å². The van der Waals surface area contributed by atoms with Gasteiger partial charge in [-0.3, -0.25) is 0 Å². The zero-order chi connectivity index (χ0) is 20.4. The van der Waals surface area contributed by atoms with Crippen LogP contribution in [0.2, 0.25) is 0 Å². The molecule has 1 atom stereocenters. The van der Waals surface area contributed by atoms with E-state index in [9.17, 15) is 18.4 Å². The van der Waals surface area contributed by atoms with E-state index in [0.717, 1.165) is 27.0 Å². The highest BCUT2D eigenvalue weighted by atomic mass is 32.2. The van der Waals surface area contributed by atoms with Crippen molar-refractivity contribution in [2.75, 3.05) is 0 Å². The molecule has 0 saturated heterocycles. The molecule has 0 aliphatic carbocycles. The average molecular weight is 407 g/mol. The molecular formula is C18H12F3N3OS2. The second kappa shape index (κ2) is 7.60. The maximum atomic E-state index is 13.7. The quantitative estimate of drug-likeness (QED) is 0.555. The lowest BCUT2D eigenvalue weighted by molar-refractivity contribution is -0.236. The second-order valence-electron chi connectivity index (χ2n) is 5.62. The Hall–Kier alpha value is -2.54. The zero-order valence-electron chi connectivity index (χ0n) is 14.4. The Bertz CT molecular complexity index is 934. The maximum Gasteiger partial charge on any atom is 0.432 e. The van der Waals surface area contributed by atoms with Gasteiger partial charge < -0.3 is 4.74 Å². The summed E-state index contributed by atoms with van der Waals surface area (Å²) in [5, 5.41) is 27.3. The molecule has 0 aromatic rings. The molecule has 0 N–H and O–H groups in total. The summed E-state index contributed by atoms with van der Waals surface area (Å²) >= 11 is 3.01. The fraction of sp³-hybridized carbons (Fsp3) is 0.278. The molecule has 9 heteroatoms. The van der Waals surface area contributed by atoms with Crippen LogP contribution >= 0.6 is 23.5 Å². The molecule has 0 saturated carbocycles. The molecule has 27 heavy (non-hydrogen) atoms. The van der Waals surface area contributed by atoms with Gasteiger partial charge in [0.1, 0.15) is 23.8 Å². The van der Waals surface area contributed by atoms with Crippen LogP contribution in [0.1, 0.15) is 20.8 Å². The highest BCUT2D eigenvalue weighted by molar-refractivity contribution is 8.28. The first kappa shape index (κ1) is 20.8. The van der Waals surface area contributed by atoms with Crippen LogP contribution in [-0.2, 0) is 4.74 Å².